The molecule has 4 rings (SSSR count). The second-order valence-electron chi connectivity index (χ2n) is 8.78. The van der Waals surface area contributed by atoms with Crippen molar-refractivity contribution in [2.75, 3.05) is 0 Å². The molecular formula is C26H26ClNO3. The lowest BCUT2D eigenvalue weighted by atomic mass is 9.53. The first-order valence-corrected chi connectivity index (χ1v) is 11.0. The number of hydrogen-bond acceptors (Lipinski definition) is 3. The van der Waals surface area contributed by atoms with Crippen LogP contribution in [0.5, 0.6) is 5.75 Å². The zero-order chi connectivity index (χ0) is 22.1. The molecule has 2 aliphatic carbocycles. The Morgan fingerprint density at radius 2 is 2.00 bits per heavy atom. The Morgan fingerprint density at radius 3 is 2.71 bits per heavy atom. The SMILES string of the molecule is NC(=O)c1ccc(/C=C/C[C@]23CC[C@@](O)(C#CCl)C[C@@H]2CCc2cc(O)ccc23)cc1. The summed E-state index contributed by atoms with van der Waals surface area (Å²) in [5.41, 5.74) is 8.09. The van der Waals surface area contributed by atoms with Gasteiger partial charge in [-0.15, -0.1) is 0 Å². The number of aliphatic hydroxyl groups is 1. The number of rotatable bonds is 4. The quantitative estimate of drug-likeness (QED) is 0.618. The average molecular weight is 436 g/mol. The number of primary amides is 1. The van der Waals surface area contributed by atoms with Gasteiger partial charge in [-0.25, -0.2) is 0 Å². The monoisotopic (exact) mass is 435 g/mol. The van der Waals surface area contributed by atoms with Gasteiger partial charge in [0.25, 0.3) is 0 Å². The predicted molar refractivity (Wildman–Crippen MR) is 123 cm³/mol. The molecule has 1 fully saturated rings. The number of halogens is 1. The molecule has 0 saturated heterocycles. The summed E-state index contributed by atoms with van der Waals surface area (Å²) in [6, 6.07) is 12.9. The molecule has 0 radical (unpaired) electrons. The second kappa shape index (κ2) is 8.42. The van der Waals surface area contributed by atoms with Crippen molar-refractivity contribution in [1.29, 1.82) is 0 Å². The van der Waals surface area contributed by atoms with Crippen LogP contribution in [-0.4, -0.2) is 21.7 Å². The van der Waals surface area contributed by atoms with Gasteiger partial charge in [0.05, 0.1) is 0 Å². The first-order valence-electron chi connectivity index (χ1n) is 10.6. The van der Waals surface area contributed by atoms with E-state index in [1.807, 2.05) is 24.3 Å². The topological polar surface area (TPSA) is 83.6 Å². The lowest BCUT2D eigenvalue weighted by molar-refractivity contribution is -0.00710. The van der Waals surface area contributed by atoms with Gasteiger partial charge in [-0.1, -0.05) is 36.3 Å². The number of benzene rings is 2. The summed E-state index contributed by atoms with van der Waals surface area (Å²) in [4.78, 5) is 11.3. The molecule has 160 valence electrons. The number of allylic oxidation sites excluding steroid dienone is 1. The highest BCUT2D eigenvalue weighted by Gasteiger charge is 2.50. The predicted octanol–water partition coefficient (Wildman–Crippen LogP) is 4.51. The summed E-state index contributed by atoms with van der Waals surface area (Å²) in [7, 11) is 0. The molecule has 1 amide bonds. The number of nitrogens with two attached hydrogens (primary N) is 1. The molecular weight excluding hydrogens is 410 g/mol. The fourth-order valence-corrected chi connectivity index (χ4v) is 5.59. The molecule has 0 aromatic heterocycles. The first-order chi connectivity index (χ1) is 14.8. The fourth-order valence-electron chi connectivity index (χ4n) is 5.42. The lowest BCUT2D eigenvalue weighted by Crippen LogP contribution is -2.49. The van der Waals surface area contributed by atoms with Crippen LogP contribution in [-0.2, 0) is 11.8 Å². The van der Waals surface area contributed by atoms with Crippen molar-refractivity contribution in [2.24, 2.45) is 11.7 Å². The number of amides is 1. The van der Waals surface area contributed by atoms with Gasteiger partial charge in [-0.05, 0) is 97.0 Å². The van der Waals surface area contributed by atoms with Crippen LogP contribution in [0.1, 0.15) is 59.2 Å². The highest BCUT2D eigenvalue weighted by Crippen LogP contribution is 2.55. The third-order valence-corrected chi connectivity index (χ3v) is 7.10. The summed E-state index contributed by atoms with van der Waals surface area (Å²) in [6.07, 6.45) is 8.80. The van der Waals surface area contributed by atoms with Crippen molar-refractivity contribution in [3.8, 4) is 17.0 Å². The van der Waals surface area contributed by atoms with Gasteiger partial charge in [-0.2, -0.15) is 0 Å². The van der Waals surface area contributed by atoms with E-state index in [2.05, 4.69) is 23.5 Å². The molecule has 2 aromatic rings. The average Bonchev–Trinajstić information content (AvgIpc) is 2.74. The number of phenols is 1. The minimum absolute atomic E-state index is 0.120. The van der Waals surface area contributed by atoms with Crippen molar-refractivity contribution in [3.05, 3.63) is 70.8 Å². The molecule has 0 unspecified atom stereocenters. The van der Waals surface area contributed by atoms with E-state index in [1.54, 1.807) is 18.2 Å². The maximum absolute atomic E-state index is 11.3. The summed E-state index contributed by atoms with van der Waals surface area (Å²) >= 11 is 5.63. The molecule has 3 atom stereocenters. The third kappa shape index (κ3) is 4.21. The van der Waals surface area contributed by atoms with Crippen molar-refractivity contribution >= 4 is 23.6 Å². The van der Waals surface area contributed by atoms with Crippen molar-refractivity contribution in [3.63, 3.8) is 0 Å². The van der Waals surface area contributed by atoms with Crippen molar-refractivity contribution in [2.45, 2.75) is 49.5 Å². The van der Waals surface area contributed by atoms with Gasteiger partial charge in [0.2, 0.25) is 5.91 Å². The molecule has 4 nitrogen and oxygen atoms in total. The number of fused-ring (bicyclic) bond motifs is 3. The maximum atomic E-state index is 11.3. The molecule has 2 aromatic carbocycles. The number of carbonyl (C=O) groups excluding carboxylic acids is 1. The van der Waals surface area contributed by atoms with E-state index in [0.29, 0.717) is 18.4 Å². The molecule has 0 spiro atoms. The van der Waals surface area contributed by atoms with E-state index in [4.69, 9.17) is 17.3 Å². The van der Waals surface area contributed by atoms with E-state index in [9.17, 15) is 15.0 Å². The molecule has 1 saturated carbocycles. The molecule has 2 aliphatic rings. The Balaban J connectivity index is 1.65. The highest BCUT2D eigenvalue weighted by molar-refractivity contribution is 6.30. The van der Waals surface area contributed by atoms with Crippen LogP contribution in [0.4, 0.5) is 0 Å². The van der Waals surface area contributed by atoms with Crippen LogP contribution in [0.15, 0.2) is 48.5 Å². The van der Waals surface area contributed by atoms with Crippen LogP contribution in [0, 0.1) is 17.2 Å². The zero-order valence-corrected chi connectivity index (χ0v) is 18.0. The fraction of sp³-hybridized carbons (Fsp3) is 0.346. The molecule has 0 bridgehead atoms. The van der Waals surface area contributed by atoms with Crippen LogP contribution < -0.4 is 5.73 Å². The minimum atomic E-state index is -1.04. The second-order valence-corrected chi connectivity index (χ2v) is 8.97. The Hall–Kier alpha value is -2.74. The van der Waals surface area contributed by atoms with E-state index < -0.39 is 11.5 Å². The van der Waals surface area contributed by atoms with Crippen LogP contribution >= 0.6 is 11.6 Å². The van der Waals surface area contributed by atoms with Gasteiger partial charge < -0.3 is 15.9 Å². The van der Waals surface area contributed by atoms with E-state index in [1.165, 1.54) is 11.1 Å². The number of aromatic hydroxyl groups is 1. The van der Waals surface area contributed by atoms with Gasteiger partial charge in [-0.3, -0.25) is 4.79 Å². The van der Waals surface area contributed by atoms with E-state index >= 15 is 0 Å². The third-order valence-electron chi connectivity index (χ3n) is 7.01. The normalized spacial score (nSPS) is 27.1. The Labute approximate surface area is 187 Å². The van der Waals surface area contributed by atoms with Gasteiger partial charge in [0.15, 0.2) is 0 Å². The number of aryl methyl sites for hydroxylation is 1. The molecule has 4 N–H and O–H groups in total. The van der Waals surface area contributed by atoms with E-state index in [0.717, 1.165) is 31.2 Å². The number of hydrogen-bond donors (Lipinski definition) is 3. The van der Waals surface area contributed by atoms with Crippen LogP contribution in [0.25, 0.3) is 6.08 Å². The standard InChI is InChI=1S/C26H26ClNO3/c27-15-14-25(31)12-13-26(11-1-2-18-3-5-19(6-4-18)24(28)30)21(17-25)8-7-20-16-22(29)9-10-23(20)26/h1-6,9-10,16,21,29,31H,7-8,11-13,17H2,(H2,28,30)/b2-1+/t21-,25+,26-/m0/s1. The minimum Gasteiger partial charge on any atom is -0.508 e. The molecule has 5 heteroatoms. The summed E-state index contributed by atoms with van der Waals surface area (Å²) in [5, 5.41) is 23.3. The largest absolute Gasteiger partial charge is 0.508 e. The maximum Gasteiger partial charge on any atom is 0.248 e. The summed E-state index contributed by atoms with van der Waals surface area (Å²) in [5.74, 6) is 2.94. The van der Waals surface area contributed by atoms with Crippen LogP contribution in [0.2, 0.25) is 0 Å². The molecule has 0 heterocycles. The lowest BCUT2D eigenvalue weighted by Gasteiger charge is -2.52. The highest BCUT2D eigenvalue weighted by atomic mass is 35.5. The summed E-state index contributed by atoms with van der Waals surface area (Å²) < 4.78 is 0. The smallest absolute Gasteiger partial charge is 0.248 e. The number of phenolic OH excluding ortho intramolecular Hbond substituents is 1. The zero-order valence-electron chi connectivity index (χ0n) is 17.3. The van der Waals surface area contributed by atoms with Gasteiger partial charge in [0.1, 0.15) is 11.4 Å². The Morgan fingerprint density at radius 1 is 1.23 bits per heavy atom. The van der Waals surface area contributed by atoms with Crippen molar-refractivity contribution in [1.82, 2.24) is 0 Å². The first kappa shape index (κ1) is 21.5. The van der Waals surface area contributed by atoms with E-state index in [-0.39, 0.29) is 17.1 Å². The Kier molecular flexibility index (Phi) is 5.83. The Bertz CT molecular complexity index is 1080. The number of carbonyl (C=O) groups is 1. The van der Waals surface area contributed by atoms with Gasteiger partial charge in [0, 0.05) is 16.4 Å². The van der Waals surface area contributed by atoms with Crippen LogP contribution in [0.3, 0.4) is 0 Å². The molecule has 31 heavy (non-hydrogen) atoms. The van der Waals surface area contributed by atoms with Gasteiger partial charge >= 0.3 is 0 Å². The summed E-state index contributed by atoms with van der Waals surface area (Å²) in [6.45, 7) is 0. The van der Waals surface area contributed by atoms with Crippen molar-refractivity contribution < 1.29 is 15.0 Å². The molecule has 0 aliphatic heterocycles.